The summed E-state index contributed by atoms with van der Waals surface area (Å²) >= 11 is 3.32. The predicted molar refractivity (Wildman–Crippen MR) is 74.9 cm³/mol. The number of anilines is 1. The van der Waals surface area contributed by atoms with Gasteiger partial charge >= 0.3 is 0 Å². The summed E-state index contributed by atoms with van der Waals surface area (Å²) in [5.74, 6) is -1.48. The number of carbonyl (C=O) groups is 1. The van der Waals surface area contributed by atoms with E-state index in [9.17, 15) is 14.3 Å². The van der Waals surface area contributed by atoms with E-state index in [0.717, 1.165) is 22.2 Å². The number of phenolic OH excluding ortho intramolecular Hbond substituents is 1. The van der Waals surface area contributed by atoms with Gasteiger partial charge in [-0.3, -0.25) is 4.79 Å². The Balaban J connectivity index is 2.28. The number of hydrogen-bond donors (Lipinski definition) is 2. The van der Waals surface area contributed by atoms with Crippen LogP contribution >= 0.6 is 15.9 Å². The monoisotopic (exact) mass is 323 g/mol. The average molecular weight is 324 g/mol. The summed E-state index contributed by atoms with van der Waals surface area (Å²) in [5.41, 5.74) is 1.60. The summed E-state index contributed by atoms with van der Waals surface area (Å²) in [7, 11) is 0. The minimum Gasteiger partial charge on any atom is -0.507 e. The molecule has 0 aliphatic carbocycles. The Morgan fingerprint density at radius 2 is 2.00 bits per heavy atom. The van der Waals surface area contributed by atoms with Crippen LogP contribution in [0, 0.1) is 12.7 Å². The van der Waals surface area contributed by atoms with E-state index in [1.165, 1.54) is 6.07 Å². The van der Waals surface area contributed by atoms with Crippen LogP contribution in [0.15, 0.2) is 40.9 Å². The maximum Gasteiger partial charge on any atom is 0.259 e. The van der Waals surface area contributed by atoms with Gasteiger partial charge in [-0.1, -0.05) is 6.07 Å². The van der Waals surface area contributed by atoms with Crippen molar-refractivity contribution in [3.05, 3.63) is 57.8 Å². The van der Waals surface area contributed by atoms with E-state index >= 15 is 0 Å². The number of phenols is 1. The van der Waals surface area contributed by atoms with Crippen LogP contribution in [0.1, 0.15) is 15.9 Å². The fourth-order valence-electron chi connectivity index (χ4n) is 1.62. The summed E-state index contributed by atoms with van der Waals surface area (Å²) < 4.78 is 13.6. The van der Waals surface area contributed by atoms with E-state index in [1.807, 2.05) is 19.1 Å². The maximum atomic E-state index is 12.9. The van der Waals surface area contributed by atoms with Gasteiger partial charge < -0.3 is 10.4 Å². The van der Waals surface area contributed by atoms with Gasteiger partial charge in [-0.2, -0.15) is 0 Å². The van der Waals surface area contributed by atoms with Gasteiger partial charge in [-0.15, -0.1) is 0 Å². The quantitative estimate of drug-likeness (QED) is 0.881. The Bertz CT molecular complexity index is 643. The van der Waals surface area contributed by atoms with E-state index in [4.69, 9.17) is 0 Å². The van der Waals surface area contributed by atoms with Crippen LogP contribution in [-0.4, -0.2) is 11.0 Å². The molecule has 0 atom stereocenters. The Labute approximate surface area is 118 Å². The smallest absolute Gasteiger partial charge is 0.259 e. The molecule has 2 aromatic carbocycles. The number of benzene rings is 2. The first-order valence-corrected chi connectivity index (χ1v) is 6.32. The number of amides is 1. The second-order valence-electron chi connectivity index (χ2n) is 4.10. The molecule has 0 aromatic heterocycles. The van der Waals surface area contributed by atoms with E-state index < -0.39 is 11.7 Å². The van der Waals surface area contributed by atoms with Crippen LogP contribution in [0.25, 0.3) is 0 Å². The van der Waals surface area contributed by atoms with Crippen molar-refractivity contribution >= 4 is 27.5 Å². The summed E-state index contributed by atoms with van der Waals surface area (Å²) in [6.45, 7) is 1.90. The molecule has 0 radical (unpaired) electrons. The van der Waals surface area contributed by atoms with Gasteiger partial charge in [-0.25, -0.2) is 4.39 Å². The van der Waals surface area contributed by atoms with Gasteiger partial charge in [0, 0.05) is 10.5 Å². The van der Waals surface area contributed by atoms with Gasteiger partial charge in [0.05, 0.1) is 11.3 Å². The molecule has 0 fully saturated rings. The van der Waals surface area contributed by atoms with Crippen LogP contribution in [0.4, 0.5) is 10.1 Å². The molecule has 0 saturated carbocycles. The largest absolute Gasteiger partial charge is 0.507 e. The van der Waals surface area contributed by atoms with Crippen LogP contribution in [0.3, 0.4) is 0 Å². The Kier molecular flexibility index (Phi) is 3.85. The molecule has 0 heterocycles. The number of halogens is 2. The SMILES string of the molecule is Cc1ccc(Br)c(NC(=O)c2ccc(F)cc2O)c1. The zero-order valence-electron chi connectivity index (χ0n) is 10.1. The molecule has 0 aliphatic heterocycles. The number of carbonyl (C=O) groups excluding carboxylic acids is 1. The number of hydrogen-bond acceptors (Lipinski definition) is 2. The van der Waals surface area contributed by atoms with Gasteiger partial charge in [0.25, 0.3) is 5.91 Å². The highest BCUT2D eigenvalue weighted by atomic mass is 79.9. The van der Waals surface area contributed by atoms with E-state index in [2.05, 4.69) is 21.2 Å². The van der Waals surface area contributed by atoms with Crippen LogP contribution in [-0.2, 0) is 0 Å². The van der Waals surface area contributed by atoms with Crippen molar-refractivity contribution in [1.82, 2.24) is 0 Å². The molecule has 2 N–H and O–H groups in total. The third kappa shape index (κ3) is 3.12. The molecule has 0 unspecified atom stereocenters. The first kappa shape index (κ1) is 13.5. The fraction of sp³-hybridized carbons (Fsp3) is 0.0714. The van der Waals surface area contributed by atoms with Gasteiger partial charge in [0.15, 0.2) is 0 Å². The lowest BCUT2D eigenvalue weighted by Crippen LogP contribution is -2.12. The second-order valence-corrected chi connectivity index (χ2v) is 4.95. The Hall–Kier alpha value is -1.88. The zero-order chi connectivity index (χ0) is 14.0. The molecule has 0 aliphatic rings. The normalized spacial score (nSPS) is 10.3. The molecule has 0 bridgehead atoms. The van der Waals surface area contributed by atoms with Crippen molar-refractivity contribution in [2.45, 2.75) is 6.92 Å². The van der Waals surface area contributed by atoms with Crippen LogP contribution in [0.5, 0.6) is 5.75 Å². The van der Waals surface area contributed by atoms with Gasteiger partial charge in [0.2, 0.25) is 0 Å². The molecule has 0 spiro atoms. The minimum absolute atomic E-state index is 0.0230. The lowest BCUT2D eigenvalue weighted by molar-refractivity contribution is 0.102. The first-order valence-electron chi connectivity index (χ1n) is 5.53. The topological polar surface area (TPSA) is 49.3 Å². The number of rotatable bonds is 2. The van der Waals surface area contributed by atoms with E-state index in [0.29, 0.717) is 5.69 Å². The summed E-state index contributed by atoms with van der Waals surface area (Å²) in [4.78, 5) is 12.0. The van der Waals surface area contributed by atoms with E-state index in [1.54, 1.807) is 6.07 Å². The lowest BCUT2D eigenvalue weighted by Gasteiger charge is -2.09. The minimum atomic E-state index is -0.592. The van der Waals surface area contributed by atoms with E-state index in [-0.39, 0.29) is 11.3 Å². The van der Waals surface area contributed by atoms with Crippen LogP contribution < -0.4 is 5.32 Å². The van der Waals surface area contributed by atoms with Crippen molar-refractivity contribution in [2.24, 2.45) is 0 Å². The fourth-order valence-corrected chi connectivity index (χ4v) is 1.97. The average Bonchev–Trinajstić information content (AvgIpc) is 2.33. The highest BCUT2D eigenvalue weighted by molar-refractivity contribution is 9.10. The molecule has 2 rings (SSSR count). The van der Waals surface area contributed by atoms with Gasteiger partial charge in [-0.05, 0) is 52.7 Å². The number of nitrogens with one attached hydrogen (secondary N) is 1. The van der Waals surface area contributed by atoms with Crippen molar-refractivity contribution < 1.29 is 14.3 Å². The van der Waals surface area contributed by atoms with Gasteiger partial charge in [0.1, 0.15) is 11.6 Å². The Morgan fingerprint density at radius 3 is 2.68 bits per heavy atom. The molecule has 0 saturated heterocycles. The van der Waals surface area contributed by atoms with Crippen molar-refractivity contribution in [2.75, 3.05) is 5.32 Å². The molecule has 1 amide bonds. The third-order valence-electron chi connectivity index (χ3n) is 2.57. The molecule has 3 nitrogen and oxygen atoms in total. The van der Waals surface area contributed by atoms with Crippen molar-refractivity contribution in [1.29, 1.82) is 0 Å². The standard InChI is InChI=1S/C14H11BrFNO2/c1-8-2-5-11(15)12(6-8)17-14(19)10-4-3-9(16)7-13(10)18/h2-7,18H,1H3,(H,17,19). The summed E-state index contributed by atoms with van der Waals surface area (Å²) in [6, 6.07) is 8.77. The maximum absolute atomic E-state index is 12.9. The lowest BCUT2D eigenvalue weighted by atomic mass is 10.1. The molecule has 5 heteroatoms. The summed E-state index contributed by atoms with van der Waals surface area (Å²) in [6.07, 6.45) is 0. The molecular formula is C14H11BrFNO2. The number of aryl methyl sites for hydroxylation is 1. The highest BCUT2D eigenvalue weighted by Crippen LogP contribution is 2.25. The molecule has 98 valence electrons. The number of aromatic hydroxyl groups is 1. The molecule has 19 heavy (non-hydrogen) atoms. The predicted octanol–water partition coefficient (Wildman–Crippen LogP) is 3.85. The third-order valence-corrected chi connectivity index (χ3v) is 3.27. The molecule has 2 aromatic rings. The molecular weight excluding hydrogens is 313 g/mol. The van der Waals surface area contributed by atoms with Crippen molar-refractivity contribution in [3.8, 4) is 5.75 Å². The summed E-state index contributed by atoms with van der Waals surface area (Å²) in [5, 5.41) is 12.2. The Morgan fingerprint density at radius 1 is 1.26 bits per heavy atom. The van der Waals surface area contributed by atoms with Crippen LogP contribution in [0.2, 0.25) is 0 Å². The highest BCUT2D eigenvalue weighted by Gasteiger charge is 2.13. The first-order chi connectivity index (χ1) is 8.97. The zero-order valence-corrected chi connectivity index (χ0v) is 11.7. The van der Waals surface area contributed by atoms with Crippen molar-refractivity contribution in [3.63, 3.8) is 0 Å². The second kappa shape index (κ2) is 5.40.